The number of aromatic nitrogens is 1. The summed E-state index contributed by atoms with van der Waals surface area (Å²) >= 11 is 0. The Balaban J connectivity index is 2.58. The van der Waals surface area contributed by atoms with Gasteiger partial charge < -0.3 is 10.2 Å². The molecule has 0 saturated heterocycles. The summed E-state index contributed by atoms with van der Waals surface area (Å²) in [6, 6.07) is 6.98. The molecule has 70 valence electrons. The number of hydrogen-bond acceptors (Lipinski definition) is 3. The molecule has 0 bridgehead atoms. The van der Waals surface area contributed by atoms with Crippen LogP contribution in [0.15, 0.2) is 41.3 Å². The molecule has 0 aliphatic carbocycles. The molecule has 2 aromatic rings. The zero-order chi connectivity index (χ0) is 9.97. The van der Waals surface area contributed by atoms with Crippen molar-refractivity contribution in [1.82, 2.24) is 4.98 Å². The Kier molecular flexibility index (Phi) is 2.02. The van der Waals surface area contributed by atoms with E-state index in [1.54, 1.807) is 24.4 Å². The van der Waals surface area contributed by atoms with Crippen LogP contribution in [0.3, 0.4) is 0 Å². The number of nitrogens with zero attached hydrogens (tertiary/aromatic N) is 1. The standard InChI is InChI=1S/C10H8N2O2/c11-10(13)8-4-2-1-3-7(8)9-5-12-6-14-9/h1-6H,(H2,11,13). The molecule has 0 fully saturated rings. The summed E-state index contributed by atoms with van der Waals surface area (Å²) in [6.07, 6.45) is 2.86. The molecular formula is C10H8N2O2. The van der Waals surface area contributed by atoms with E-state index >= 15 is 0 Å². The fourth-order valence-corrected chi connectivity index (χ4v) is 1.26. The molecule has 2 rings (SSSR count). The first-order valence-electron chi connectivity index (χ1n) is 4.07. The molecule has 0 spiro atoms. The van der Waals surface area contributed by atoms with E-state index in [2.05, 4.69) is 4.98 Å². The average Bonchev–Trinajstić information content (AvgIpc) is 2.70. The van der Waals surface area contributed by atoms with Gasteiger partial charge in [0, 0.05) is 5.56 Å². The quantitative estimate of drug-likeness (QED) is 0.775. The molecule has 1 heterocycles. The molecule has 1 amide bonds. The predicted molar refractivity (Wildman–Crippen MR) is 50.5 cm³/mol. The predicted octanol–water partition coefficient (Wildman–Crippen LogP) is 1.44. The van der Waals surface area contributed by atoms with Crippen LogP contribution in [0.4, 0.5) is 0 Å². The van der Waals surface area contributed by atoms with Gasteiger partial charge in [-0.1, -0.05) is 18.2 Å². The van der Waals surface area contributed by atoms with E-state index in [-0.39, 0.29) is 0 Å². The van der Waals surface area contributed by atoms with E-state index in [4.69, 9.17) is 10.2 Å². The van der Waals surface area contributed by atoms with Gasteiger partial charge in [-0.25, -0.2) is 4.98 Å². The van der Waals surface area contributed by atoms with Gasteiger partial charge in [0.15, 0.2) is 12.2 Å². The lowest BCUT2D eigenvalue weighted by atomic mass is 10.1. The minimum atomic E-state index is -0.475. The Morgan fingerprint density at radius 2 is 2.14 bits per heavy atom. The lowest BCUT2D eigenvalue weighted by Gasteiger charge is -2.01. The lowest BCUT2D eigenvalue weighted by molar-refractivity contribution is 0.100. The van der Waals surface area contributed by atoms with Gasteiger partial charge in [-0.2, -0.15) is 0 Å². The third-order valence-electron chi connectivity index (χ3n) is 1.89. The fourth-order valence-electron chi connectivity index (χ4n) is 1.26. The van der Waals surface area contributed by atoms with Crippen LogP contribution in [0.1, 0.15) is 10.4 Å². The third kappa shape index (κ3) is 1.37. The van der Waals surface area contributed by atoms with Crippen LogP contribution in [-0.4, -0.2) is 10.9 Å². The third-order valence-corrected chi connectivity index (χ3v) is 1.89. The molecule has 0 atom stereocenters. The first-order chi connectivity index (χ1) is 6.79. The molecule has 0 aliphatic heterocycles. The van der Waals surface area contributed by atoms with E-state index < -0.39 is 5.91 Å². The number of nitrogens with two attached hydrogens (primary N) is 1. The number of amides is 1. The molecule has 0 saturated carbocycles. The molecule has 14 heavy (non-hydrogen) atoms. The maximum atomic E-state index is 11.1. The van der Waals surface area contributed by atoms with Crippen molar-refractivity contribution in [2.24, 2.45) is 5.73 Å². The summed E-state index contributed by atoms with van der Waals surface area (Å²) < 4.78 is 5.09. The molecule has 1 aromatic carbocycles. The molecular weight excluding hydrogens is 180 g/mol. The van der Waals surface area contributed by atoms with Crippen molar-refractivity contribution in [1.29, 1.82) is 0 Å². The van der Waals surface area contributed by atoms with Crippen molar-refractivity contribution in [3.63, 3.8) is 0 Å². The highest BCUT2D eigenvalue weighted by atomic mass is 16.3. The zero-order valence-corrected chi connectivity index (χ0v) is 7.31. The molecule has 2 N–H and O–H groups in total. The van der Waals surface area contributed by atoms with Crippen molar-refractivity contribution in [3.05, 3.63) is 42.4 Å². The van der Waals surface area contributed by atoms with Crippen LogP contribution in [-0.2, 0) is 0 Å². The monoisotopic (exact) mass is 188 g/mol. The summed E-state index contributed by atoms with van der Waals surface area (Å²) in [6.45, 7) is 0. The number of rotatable bonds is 2. The first kappa shape index (κ1) is 8.50. The van der Waals surface area contributed by atoms with Gasteiger partial charge in [-0.05, 0) is 6.07 Å². The first-order valence-corrected chi connectivity index (χ1v) is 4.07. The van der Waals surface area contributed by atoms with Gasteiger partial charge >= 0.3 is 0 Å². The minimum absolute atomic E-state index is 0.434. The number of carbonyl (C=O) groups excluding carboxylic acids is 1. The maximum absolute atomic E-state index is 11.1. The fraction of sp³-hybridized carbons (Fsp3) is 0. The van der Waals surface area contributed by atoms with E-state index in [0.29, 0.717) is 16.9 Å². The largest absolute Gasteiger partial charge is 0.443 e. The number of benzene rings is 1. The Hall–Kier alpha value is -2.10. The smallest absolute Gasteiger partial charge is 0.249 e. The van der Waals surface area contributed by atoms with Crippen molar-refractivity contribution in [3.8, 4) is 11.3 Å². The number of oxazole rings is 1. The molecule has 4 heteroatoms. The summed E-state index contributed by atoms with van der Waals surface area (Å²) in [4.78, 5) is 14.9. The second-order valence-electron chi connectivity index (χ2n) is 2.78. The van der Waals surface area contributed by atoms with Crippen molar-refractivity contribution in [2.45, 2.75) is 0 Å². The molecule has 0 radical (unpaired) electrons. The summed E-state index contributed by atoms with van der Waals surface area (Å²) in [5.74, 6) is 0.0661. The molecule has 1 aromatic heterocycles. The van der Waals surface area contributed by atoms with Crippen LogP contribution < -0.4 is 5.73 Å². The van der Waals surface area contributed by atoms with Gasteiger partial charge in [0.05, 0.1) is 11.8 Å². The summed E-state index contributed by atoms with van der Waals surface area (Å²) in [7, 11) is 0. The Bertz CT molecular complexity index is 449. The van der Waals surface area contributed by atoms with Crippen molar-refractivity contribution in [2.75, 3.05) is 0 Å². The average molecular weight is 188 g/mol. The molecule has 0 unspecified atom stereocenters. The lowest BCUT2D eigenvalue weighted by Crippen LogP contribution is -2.11. The summed E-state index contributed by atoms with van der Waals surface area (Å²) in [5, 5.41) is 0. The molecule has 4 nitrogen and oxygen atoms in total. The van der Waals surface area contributed by atoms with Gasteiger partial charge in [0.25, 0.3) is 0 Å². The van der Waals surface area contributed by atoms with Crippen LogP contribution >= 0.6 is 0 Å². The highest BCUT2D eigenvalue weighted by Crippen LogP contribution is 2.22. The van der Waals surface area contributed by atoms with Crippen molar-refractivity contribution < 1.29 is 9.21 Å². The highest BCUT2D eigenvalue weighted by molar-refractivity contribution is 5.99. The Morgan fingerprint density at radius 1 is 1.36 bits per heavy atom. The topological polar surface area (TPSA) is 69.1 Å². The van der Waals surface area contributed by atoms with Crippen LogP contribution in [0.25, 0.3) is 11.3 Å². The number of primary amides is 1. The van der Waals surface area contributed by atoms with E-state index in [9.17, 15) is 4.79 Å². The van der Waals surface area contributed by atoms with Crippen LogP contribution in [0.5, 0.6) is 0 Å². The van der Waals surface area contributed by atoms with Gasteiger partial charge in [0.2, 0.25) is 5.91 Å². The Morgan fingerprint density at radius 3 is 2.79 bits per heavy atom. The van der Waals surface area contributed by atoms with E-state index in [1.165, 1.54) is 6.39 Å². The van der Waals surface area contributed by atoms with Gasteiger partial charge in [-0.3, -0.25) is 4.79 Å². The van der Waals surface area contributed by atoms with Crippen molar-refractivity contribution >= 4 is 5.91 Å². The minimum Gasteiger partial charge on any atom is -0.443 e. The SMILES string of the molecule is NC(=O)c1ccccc1-c1cnco1. The van der Waals surface area contributed by atoms with Gasteiger partial charge in [-0.15, -0.1) is 0 Å². The second kappa shape index (κ2) is 3.33. The zero-order valence-electron chi connectivity index (χ0n) is 7.31. The van der Waals surface area contributed by atoms with Gasteiger partial charge in [0.1, 0.15) is 0 Å². The van der Waals surface area contributed by atoms with Crippen LogP contribution in [0.2, 0.25) is 0 Å². The second-order valence-corrected chi connectivity index (χ2v) is 2.78. The summed E-state index contributed by atoms with van der Waals surface area (Å²) in [5.41, 5.74) is 6.32. The van der Waals surface area contributed by atoms with E-state index in [0.717, 1.165) is 0 Å². The van der Waals surface area contributed by atoms with E-state index in [1.807, 2.05) is 6.07 Å². The van der Waals surface area contributed by atoms with Crippen LogP contribution in [0, 0.1) is 0 Å². The highest BCUT2D eigenvalue weighted by Gasteiger charge is 2.10. The normalized spacial score (nSPS) is 10.0. The number of carbonyl (C=O) groups is 1. The number of hydrogen-bond donors (Lipinski definition) is 1. The maximum Gasteiger partial charge on any atom is 0.249 e. The molecule has 0 aliphatic rings. The Labute approximate surface area is 80.4 Å².